The van der Waals surface area contributed by atoms with Crippen LogP contribution in [-0.4, -0.2) is 20.2 Å². The van der Waals surface area contributed by atoms with Gasteiger partial charge in [-0.2, -0.15) is 0 Å². The second-order valence-corrected chi connectivity index (χ2v) is 4.95. The van der Waals surface area contributed by atoms with Crippen LogP contribution in [0.4, 0.5) is 8.78 Å². The van der Waals surface area contributed by atoms with Crippen molar-refractivity contribution in [2.24, 2.45) is 0 Å². The van der Waals surface area contributed by atoms with Crippen molar-refractivity contribution in [3.8, 4) is 5.75 Å². The highest BCUT2D eigenvalue weighted by molar-refractivity contribution is 5.28. The van der Waals surface area contributed by atoms with Crippen molar-refractivity contribution in [3.05, 3.63) is 65.2 Å². The van der Waals surface area contributed by atoms with Gasteiger partial charge >= 0.3 is 0 Å². The van der Waals surface area contributed by atoms with Crippen LogP contribution in [0.1, 0.15) is 11.1 Å². The summed E-state index contributed by atoms with van der Waals surface area (Å²) >= 11 is 0. The summed E-state index contributed by atoms with van der Waals surface area (Å²) in [5, 5.41) is 3.15. The van der Waals surface area contributed by atoms with Crippen LogP contribution in [0.5, 0.6) is 5.75 Å². The third kappa shape index (κ3) is 4.02. The smallest absolute Gasteiger partial charge is 0.162 e. The lowest BCUT2D eigenvalue weighted by Gasteiger charge is -2.17. The van der Waals surface area contributed by atoms with Gasteiger partial charge in [0.2, 0.25) is 0 Å². The molecule has 0 spiro atoms. The molecule has 1 N–H and O–H groups in total. The molecule has 0 fully saturated rings. The van der Waals surface area contributed by atoms with E-state index in [9.17, 15) is 8.78 Å². The molecular formula is C17H19F2NO. The van der Waals surface area contributed by atoms with Gasteiger partial charge in [-0.05, 0) is 49.2 Å². The van der Waals surface area contributed by atoms with Crippen molar-refractivity contribution in [1.29, 1.82) is 0 Å². The zero-order valence-corrected chi connectivity index (χ0v) is 12.2. The van der Waals surface area contributed by atoms with Gasteiger partial charge in [0.25, 0.3) is 0 Å². The van der Waals surface area contributed by atoms with Crippen molar-refractivity contribution in [2.75, 3.05) is 14.2 Å². The molecule has 21 heavy (non-hydrogen) atoms. The molecule has 0 aromatic heterocycles. The van der Waals surface area contributed by atoms with Gasteiger partial charge in [-0.25, -0.2) is 8.78 Å². The molecule has 0 aliphatic carbocycles. The van der Waals surface area contributed by atoms with E-state index in [1.165, 1.54) is 6.07 Å². The molecule has 112 valence electrons. The SMILES string of the molecule is CNC(Cc1ccc(OC)cc1)Cc1cccc(F)c1F. The highest BCUT2D eigenvalue weighted by Crippen LogP contribution is 2.17. The van der Waals surface area contributed by atoms with E-state index in [4.69, 9.17) is 4.74 Å². The lowest BCUT2D eigenvalue weighted by molar-refractivity contribution is 0.414. The molecule has 1 atom stereocenters. The number of methoxy groups -OCH3 is 1. The summed E-state index contributed by atoms with van der Waals surface area (Å²) in [6, 6.07) is 12.1. The van der Waals surface area contributed by atoms with Crippen LogP contribution >= 0.6 is 0 Å². The summed E-state index contributed by atoms with van der Waals surface area (Å²) in [6.45, 7) is 0. The minimum Gasteiger partial charge on any atom is -0.497 e. The van der Waals surface area contributed by atoms with E-state index in [1.54, 1.807) is 13.2 Å². The number of likely N-dealkylation sites (N-methyl/N-ethyl adjacent to an activating group) is 1. The first-order chi connectivity index (χ1) is 10.1. The van der Waals surface area contributed by atoms with Crippen molar-refractivity contribution in [2.45, 2.75) is 18.9 Å². The molecule has 0 radical (unpaired) electrons. The van der Waals surface area contributed by atoms with Gasteiger partial charge in [0, 0.05) is 6.04 Å². The first-order valence-corrected chi connectivity index (χ1v) is 6.87. The second kappa shape index (κ2) is 7.18. The van der Waals surface area contributed by atoms with E-state index < -0.39 is 11.6 Å². The third-order valence-electron chi connectivity index (χ3n) is 3.55. The Bertz CT molecular complexity index is 584. The topological polar surface area (TPSA) is 21.3 Å². The zero-order chi connectivity index (χ0) is 15.2. The third-order valence-corrected chi connectivity index (χ3v) is 3.55. The molecule has 1 unspecified atom stereocenters. The Morgan fingerprint density at radius 2 is 1.76 bits per heavy atom. The van der Waals surface area contributed by atoms with Crippen LogP contribution < -0.4 is 10.1 Å². The maximum atomic E-state index is 13.7. The Balaban J connectivity index is 2.07. The Kier molecular flexibility index (Phi) is 5.28. The van der Waals surface area contributed by atoms with Crippen molar-refractivity contribution in [3.63, 3.8) is 0 Å². The molecule has 2 nitrogen and oxygen atoms in total. The first kappa shape index (κ1) is 15.4. The number of hydrogen-bond donors (Lipinski definition) is 1. The predicted octanol–water partition coefficient (Wildman–Crippen LogP) is 3.35. The maximum absolute atomic E-state index is 13.7. The van der Waals surface area contributed by atoms with Gasteiger partial charge in [-0.3, -0.25) is 0 Å². The molecule has 4 heteroatoms. The van der Waals surface area contributed by atoms with Gasteiger partial charge in [-0.15, -0.1) is 0 Å². The zero-order valence-electron chi connectivity index (χ0n) is 12.2. The first-order valence-electron chi connectivity index (χ1n) is 6.87. The number of benzene rings is 2. The van der Waals surface area contributed by atoms with Gasteiger partial charge < -0.3 is 10.1 Å². The summed E-state index contributed by atoms with van der Waals surface area (Å²) in [5.41, 5.74) is 1.51. The molecule has 2 rings (SSSR count). The fourth-order valence-corrected chi connectivity index (χ4v) is 2.29. The van der Waals surface area contributed by atoms with E-state index in [2.05, 4.69) is 5.32 Å². The van der Waals surface area contributed by atoms with Crippen molar-refractivity contribution >= 4 is 0 Å². The lowest BCUT2D eigenvalue weighted by atomic mass is 9.98. The fourth-order valence-electron chi connectivity index (χ4n) is 2.29. The van der Waals surface area contributed by atoms with Crippen LogP contribution in [0.25, 0.3) is 0 Å². The Morgan fingerprint density at radius 1 is 1.05 bits per heavy atom. The van der Waals surface area contributed by atoms with Gasteiger partial charge in [0.15, 0.2) is 11.6 Å². The van der Waals surface area contributed by atoms with E-state index >= 15 is 0 Å². The number of rotatable bonds is 6. The van der Waals surface area contributed by atoms with Crippen LogP contribution in [0.15, 0.2) is 42.5 Å². The Labute approximate surface area is 123 Å². The molecule has 0 bridgehead atoms. The van der Waals surface area contributed by atoms with E-state index in [-0.39, 0.29) is 6.04 Å². The highest BCUT2D eigenvalue weighted by Gasteiger charge is 2.14. The number of halogens is 2. The monoisotopic (exact) mass is 291 g/mol. The highest BCUT2D eigenvalue weighted by atomic mass is 19.2. The molecular weight excluding hydrogens is 272 g/mol. The van der Waals surface area contributed by atoms with Gasteiger partial charge in [-0.1, -0.05) is 24.3 Å². The fraction of sp³-hybridized carbons (Fsp3) is 0.294. The molecule has 2 aromatic carbocycles. The average Bonchev–Trinajstić information content (AvgIpc) is 2.51. The minimum absolute atomic E-state index is 0.0368. The van der Waals surface area contributed by atoms with Crippen LogP contribution in [0.2, 0.25) is 0 Å². The van der Waals surface area contributed by atoms with Crippen LogP contribution in [0.3, 0.4) is 0 Å². The van der Waals surface area contributed by atoms with E-state index in [0.29, 0.717) is 12.0 Å². The molecule has 0 amide bonds. The summed E-state index contributed by atoms with van der Waals surface area (Å²) in [6.07, 6.45) is 1.17. The molecule has 0 saturated carbocycles. The molecule has 0 heterocycles. The summed E-state index contributed by atoms with van der Waals surface area (Å²) in [7, 11) is 3.45. The minimum atomic E-state index is -0.799. The molecule has 0 saturated heterocycles. The van der Waals surface area contributed by atoms with Crippen LogP contribution in [0, 0.1) is 11.6 Å². The Morgan fingerprint density at radius 3 is 2.38 bits per heavy atom. The van der Waals surface area contributed by atoms with Gasteiger partial charge in [0.05, 0.1) is 7.11 Å². The number of ether oxygens (including phenoxy) is 1. The molecule has 0 aliphatic rings. The van der Waals surface area contributed by atoms with Gasteiger partial charge in [0.1, 0.15) is 5.75 Å². The second-order valence-electron chi connectivity index (χ2n) is 4.95. The largest absolute Gasteiger partial charge is 0.497 e. The molecule has 0 aliphatic heterocycles. The predicted molar refractivity (Wildman–Crippen MR) is 79.6 cm³/mol. The Hall–Kier alpha value is -1.94. The summed E-state index contributed by atoms with van der Waals surface area (Å²) in [5.74, 6) is -0.754. The van der Waals surface area contributed by atoms with Crippen molar-refractivity contribution < 1.29 is 13.5 Å². The lowest BCUT2D eigenvalue weighted by Crippen LogP contribution is -2.30. The number of nitrogens with one attached hydrogen (secondary N) is 1. The summed E-state index contributed by atoms with van der Waals surface area (Å²) in [4.78, 5) is 0. The normalized spacial score (nSPS) is 12.2. The van der Waals surface area contributed by atoms with E-state index in [0.717, 1.165) is 23.8 Å². The quantitative estimate of drug-likeness (QED) is 0.881. The number of hydrogen-bond acceptors (Lipinski definition) is 2. The summed E-state index contributed by atoms with van der Waals surface area (Å²) < 4.78 is 32.1. The van der Waals surface area contributed by atoms with E-state index in [1.807, 2.05) is 31.3 Å². The van der Waals surface area contributed by atoms with Crippen LogP contribution in [-0.2, 0) is 12.8 Å². The molecule has 2 aromatic rings. The maximum Gasteiger partial charge on any atom is 0.162 e. The standard InChI is InChI=1S/C17H19F2NO/c1-20-14(10-12-6-8-15(21-2)9-7-12)11-13-4-3-5-16(18)17(13)19/h3-9,14,20H,10-11H2,1-2H3. The van der Waals surface area contributed by atoms with Crippen molar-refractivity contribution in [1.82, 2.24) is 5.32 Å². The average molecular weight is 291 g/mol.